The predicted molar refractivity (Wildman–Crippen MR) is 92.6 cm³/mol. The zero-order chi connectivity index (χ0) is 17.7. The first kappa shape index (κ1) is 17.7. The molecule has 128 valence electrons. The van der Waals surface area contributed by atoms with Gasteiger partial charge in [-0.1, -0.05) is 18.2 Å². The molecule has 0 bridgehead atoms. The van der Waals surface area contributed by atoms with Crippen LogP contribution >= 0.6 is 0 Å². The fraction of sp³-hybridized carbons (Fsp3) is 0.250. The van der Waals surface area contributed by atoms with E-state index in [-0.39, 0.29) is 6.54 Å². The molecule has 0 fully saturated rings. The molecule has 2 aromatic rings. The van der Waals surface area contributed by atoms with E-state index < -0.39 is 15.9 Å². The zero-order valence-electron chi connectivity index (χ0n) is 13.7. The standard InChI is InChI=1S/C16H19N3O4S/c1-12-6-4-7-13(2)16(12)19(24(3,21)22)11-15(20)18-17-10-14-8-5-9-23-14/h4-10H,11H2,1-3H3,(H,18,20)/b17-10-. The zero-order valence-corrected chi connectivity index (χ0v) is 14.5. The number of hydrogen-bond donors (Lipinski definition) is 1. The van der Waals surface area contributed by atoms with E-state index in [9.17, 15) is 13.2 Å². The average molecular weight is 349 g/mol. The van der Waals surface area contributed by atoms with Crippen molar-refractivity contribution in [3.8, 4) is 0 Å². The van der Waals surface area contributed by atoms with E-state index in [1.807, 2.05) is 6.07 Å². The molecular weight excluding hydrogens is 330 g/mol. The van der Waals surface area contributed by atoms with E-state index in [1.165, 1.54) is 12.5 Å². The summed E-state index contributed by atoms with van der Waals surface area (Å²) in [5.74, 6) is -0.0732. The van der Waals surface area contributed by atoms with Gasteiger partial charge in [-0.05, 0) is 37.1 Å². The largest absolute Gasteiger partial charge is 0.463 e. The second kappa shape index (κ2) is 7.31. The molecule has 0 aliphatic carbocycles. The molecule has 0 aliphatic heterocycles. The monoisotopic (exact) mass is 349 g/mol. The molecule has 8 heteroatoms. The van der Waals surface area contributed by atoms with Gasteiger partial charge in [-0.25, -0.2) is 13.8 Å². The third-order valence-electron chi connectivity index (χ3n) is 3.30. The minimum absolute atomic E-state index is 0.361. The number of para-hydroxylation sites is 1. The van der Waals surface area contributed by atoms with Crippen LogP contribution in [0.2, 0.25) is 0 Å². The average Bonchev–Trinajstić information content (AvgIpc) is 2.98. The molecule has 24 heavy (non-hydrogen) atoms. The highest BCUT2D eigenvalue weighted by Crippen LogP contribution is 2.26. The lowest BCUT2D eigenvalue weighted by Gasteiger charge is -2.25. The van der Waals surface area contributed by atoms with Gasteiger partial charge in [0.1, 0.15) is 12.3 Å². The number of rotatable bonds is 6. The minimum Gasteiger partial charge on any atom is -0.463 e. The van der Waals surface area contributed by atoms with Gasteiger partial charge in [0.05, 0.1) is 24.4 Å². The van der Waals surface area contributed by atoms with Crippen molar-refractivity contribution in [2.24, 2.45) is 5.10 Å². The number of aryl methyl sites for hydroxylation is 2. The Labute approximate surface area is 141 Å². The van der Waals surface area contributed by atoms with Crippen LogP contribution in [-0.2, 0) is 14.8 Å². The first-order valence-electron chi connectivity index (χ1n) is 7.18. The summed E-state index contributed by atoms with van der Waals surface area (Å²) in [5, 5.41) is 3.75. The van der Waals surface area contributed by atoms with Crippen molar-refractivity contribution in [2.45, 2.75) is 13.8 Å². The fourth-order valence-corrected chi connectivity index (χ4v) is 3.23. The lowest BCUT2D eigenvalue weighted by atomic mass is 10.1. The van der Waals surface area contributed by atoms with E-state index >= 15 is 0 Å². The van der Waals surface area contributed by atoms with Crippen LogP contribution in [0.25, 0.3) is 0 Å². The van der Waals surface area contributed by atoms with Gasteiger partial charge in [0.25, 0.3) is 5.91 Å². The summed E-state index contributed by atoms with van der Waals surface area (Å²) in [4.78, 5) is 12.1. The van der Waals surface area contributed by atoms with Crippen LogP contribution in [0.15, 0.2) is 46.1 Å². The van der Waals surface area contributed by atoms with Gasteiger partial charge in [-0.15, -0.1) is 0 Å². The Kier molecular flexibility index (Phi) is 5.40. The molecular formula is C16H19N3O4S. The second-order valence-electron chi connectivity index (χ2n) is 5.32. The number of nitrogens with one attached hydrogen (secondary N) is 1. The Morgan fingerprint density at radius 1 is 1.25 bits per heavy atom. The van der Waals surface area contributed by atoms with E-state index in [4.69, 9.17) is 4.42 Å². The van der Waals surface area contributed by atoms with Crippen molar-refractivity contribution < 1.29 is 17.6 Å². The number of benzene rings is 1. The Morgan fingerprint density at radius 2 is 1.92 bits per heavy atom. The third kappa shape index (κ3) is 4.45. The SMILES string of the molecule is Cc1cccc(C)c1N(CC(=O)N/N=C\c1ccco1)S(C)(=O)=O. The molecule has 0 saturated heterocycles. The first-order chi connectivity index (χ1) is 11.3. The third-order valence-corrected chi connectivity index (χ3v) is 4.41. The Hall–Kier alpha value is -2.61. The van der Waals surface area contributed by atoms with Gasteiger partial charge < -0.3 is 4.42 Å². The molecule has 1 aromatic carbocycles. The molecule has 0 aliphatic rings. The number of carbonyl (C=O) groups is 1. The van der Waals surface area contributed by atoms with Crippen LogP contribution in [0.3, 0.4) is 0 Å². The fourth-order valence-electron chi connectivity index (χ4n) is 2.26. The summed E-state index contributed by atoms with van der Waals surface area (Å²) in [5.41, 5.74) is 4.34. The summed E-state index contributed by atoms with van der Waals surface area (Å²) in [6.07, 6.45) is 3.88. The molecule has 7 nitrogen and oxygen atoms in total. The maximum Gasteiger partial charge on any atom is 0.260 e. The van der Waals surface area contributed by atoms with Crippen LogP contribution in [0.4, 0.5) is 5.69 Å². The number of furan rings is 1. The summed E-state index contributed by atoms with van der Waals surface area (Å²) in [6, 6.07) is 8.80. The molecule has 1 aromatic heterocycles. The van der Waals surface area contributed by atoms with E-state index in [1.54, 1.807) is 38.1 Å². The molecule has 0 atom stereocenters. The number of hydrazone groups is 1. The smallest absolute Gasteiger partial charge is 0.260 e. The maximum absolute atomic E-state index is 12.1. The summed E-state index contributed by atoms with van der Waals surface area (Å²) >= 11 is 0. The van der Waals surface area contributed by atoms with E-state index in [0.717, 1.165) is 21.7 Å². The summed E-state index contributed by atoms with van der Waals surface area (Å²) < 4.78 is 30.4. The molecule has 0 spiro atoms. The molecule has 1 amide bonds. The summed E-state index contributed by atoms with van der Waals surface area (Å²) in [7, 11) is -3.62. The van der Waals surface area contributed by atoms with Gasteiger partial charge in [0, 0.05) is 0 Å². The van der Waals surface area contributed by atoms with Gasteiger partial charge in [0.15, 0.2) is 0 Å². The first-order valence-corrected chi connectivity index (χ1v) is 9.03. The Balaban J connectivity index is 2.17. The molecule has 0 radical (unpaired) electrons. The normalized spacial score (nSPS) is 11.6. The molecule has 0 unspecified atom stereocenters. The Morgan fingerprint density at radius 3 is 2.46 bits per heavy atom. The van der Waals surface area contributed by atoms with Crippen molar-refractivity contribution in [3.05, 3.63) is 53.5 Å². The second-order valence-corrected chi connectivity index (χ2v) is 7.23. The van der Waals surface area contributed by atoms with Gasteiger partial charge in [-0.2, -0.15) is 5.10 Å². The molecule has 2 rings (SSSR count). The lowest BCUT2D eigenvalue weighted by molar-refractivity contribution is -0.119. The van der Waals surface area contributed by atoms with Crippen LogP contribution in [0, 0.1) is 13.8 Å². The number of nitrogens with zero attached hydrogens (tertiary/aromatic N) is 2. The van der Waals surface area contributed by atoms with Crippen molar-refractivity contribution in [3.63, 3.8) is 0 Å². The molecule has 1 N–H and O–H groups in total. The highest BCUT2D eigenvalue weighted by Gasteiger charge is 2.23. The maximum atomic E-state index is 12.1. The van der Waals surface area contributed by atoms with Crippen LogP contribution in [0.1, 0.15) is 16.9 Å². The van der Waals surface area contributed by atoms with Gasteiger partial charge in [0.2, 0.25) is 10.0 Å². The van der Waals surface area contributed by atoms with Crippen LogP contribution in [-0.4, -0.2) is 33.3 Å². The molecule has 1 heterocycles. The lowest BCUT2D eigenvalue weighted by Crippen LogP contribution is -2.39. The van der Waals surface area contributed by atoms with Crippen LogP contribution < -0.4 is 9.73 Å². The minimum atomic E-state index is -3.62. The number of anilines is 1. The van der Waals surface area contributed by atoms with E-state index in [0.29, 0.717) is 11.4 Å². The quantitative estimate of drug-likeness (QED) is 0.636. The highest BCUT2D eigenvalue weighted by molar-refractivity contribution is 7.92. The number of hydrogen-bond acceptors (Lipinski definition) is 5. The topological polar surface area (TPSA) is 92.0 Å². The van der Waals surface area contributed by atoms with Crippen molar-refractivity contribution >= 4 is 27.8 Å². The highest BCUT2D eigenvalue weighted by atomic mass is 32.2. The van der Waals surface area contributed by atoms with Gasteiger partial charge in [-0.3, -0.25) is 9.10 Å². The number of carbonyl (C=O) groups excluding carboxylic acids is 1. The molecule has 0 saturated carbocycles. The Bertz CT molecular complexity index is 822. The summed E-state index contributed by atoms with van der Waals surface area (Å²) in [6.45, 7) is 3.24. The van der Waals surface area contributed by atoms with Crippen molar-refractivity contribution in [1.82, 2.24) is 5.43 Å². The van der Waals surface area contributed by atoms with E-state index in [2.05, 4.69) is 10.5 Å². The number of sulfonamides is 1. The van der Waals surface area contributed by atoms with Crippen molar-refractivity contribution in [1.29, 1.82) is 0 Å². The number of amides is 1. The van der Waals surface area contributed by atoms with Crippen molar-refractivity contribution in [2.75, 3.05) is 17.1 Å². The predicted octanol–water partition coefficient (Wildman–Crippen LogP) is 1.81. The van der Waals surface area contributed by atoms with Gasteiger partial charge >= 0.3 is 0 Å². The van der Waals surface area contributed by atoms with Crippen LogP contribution in [0.5, 0.6) is 0 Å².